The summed E-state index contributed by atoms with van der Waals surface area (Å²) in [6, 6.07) is 18.2. The molecule has 0 amide bonds. The number of rotatable bonds is 5. The third-order valence-corrected chi connectivity index (χ3v) is 3.81. The number of oxime groups is 1. The Morgan fingerprint density at radius 2 is 1.53 bits per heavy atom. The molecule has 0 radical (unpaired) electrons. The Balaban J connectivity index is 1.87. The van der Waals surface area contributed by atoms with Gasteiger partial charge in [-0.05, 0) is 11.1 Å². The van der Waals surface area contributed by atoms with Gasteiger partial charge in [-0.2, -0.15) is 11.8 Å². The molecule has 0 saturated heterocycles. The van der Waals surface area contributed by atoms with Crippen LogP contribution < -0.4 is 5.73 Å². The van der Waals surface area contributed by atoms with Gasteiger partial charge in [-0.25, -0.2) is 0 Å². The van der Waals surface area contributed by atoms with E-state index in [2.05, 4.69) is 29.4 Å². The highest BCUT2D eigenvalue weighted by molar-refractivity contribution is 7.97. The molecule has 0 unspecified atom stereocenters. The highest BCUT2D eigenvalue weighted by atomic mass is 32.2. The fourth-order valence-electron chi connectivity index (χ4n) is 1.69. The molecule has 4 heteroatoms. The minimum atomic E-state index is 0.142. The molecule has 19 heavy (non-hydrogen) atoms. The van der Waals surface area contributed by atoms with Gasteiger partial charge in [0.2, 0.25) is 0 Å². The van der Waals surface area contributed by atoms with Crippen molar-refractivity contribution >= 4 is 17.6 Å². The van der Waals surface area contributed by atoms with Crippen LogP contribution in [-0.2, 0) is 11.5 Å². The van der Waals surface area contributed by atoms with E-state index >= 15 is 0 Å². The quantitative estimate of drug-likeness (QED) is 0.380. The molecule has 0 saturated carbocycles. The number of thioether (sulfide) groups is 1. The van der Waals surface area contributed by atoms with Crippen molar-refractivity contribution < 1.29 is 5.21 Å². The standard InChI is InChI=1S/C15H16N2OS/c16-15(17-18)14-8-6-13(7-9-14)11-19-10-12-4-2-1-3-5-12/h1-9,18H,10-11H2,(H2,16,17). The van der Waals surface area contributed by atoms with Crippen molar-refractivity contribution in [2.45, 2.75) is 11.5 Å². The molecule has 0 atom stereocenters. The van der Waals surface area contributed by atoms with E-state index in [-0.39, 0.29) is 5.84 Å². The molecule has 98 valence electrons. The predicted octanol–water partition coefficient (Wildman–Crippen LogP) is 3.21. The fraction of sp³-hybridized carbons (Fsp3) is 0.133. The van der Waals surface area contributed by atoms with Gasteiger partial charge in [-0.1, -0.05) is 59.8 Å². The summed E-state index contributed by atoms with van der Waals surface area (Å²) in [7, 11) is 0. The summed E-state index contributed by atoms with van der Waals surface area (Å²) in [5, 5.41) is 11.6. The zero-order valence-corrected chi connectivity index (χ0v) is 11.3. The second-order valence-electron chi connectivity index (χ2n) is 4.16. The average Bonchev–Trinajstić information content (AvgIpc) is 2.48. The van der Waals surface area contributed by atoms with Gasteiger partial charge >= 0.3 is 0 Å². The summed E-state index contributed by atoms with van der Waals surface area (Å²) in [6.07, 6.45) is 0. The van der Waals surface area contributed by atoms with E-state index in [1.807, 2.05) is 42.1 Å². The van der Waals surface area contributed by atoms with Crippen LogP contribution in [0.25, 0.3) is 0 Å². The van der Waals surface area contributed by atoms with E-state index in [0.717, 1.165) is 17.1 Å². The molecule has 0 aliphatic carbocycles. The smallest absolute Gasteiger partial charge is 0.170 e. The first kappa shape index (κ1) is 13.5. The lowest BCUT2D eigenvalue weighted by Gasteiger charge is -2.04. The third kappa shape index (κ3) is 4.03. The zero-order chi connectivity index (χ0) is 13.5. The normalized spacial score (nSPS) is 11.5. The predicted molar refractivity (Wildman–Crippen MR) is 80.4 cm³/mol. The maximum atomic E-state index is 8.58. The topological polar surface area (TPSA) is 58.6 Å². The minimum absolute atomic E-state index is 0.142. The Bertz CT molecular complexity index is 538. The Morgan fingerprint density at radius 3 is 2.11 bits per heavy atom. The van der Waals surface area contributed by atoms with Gasteiger partial charge < -0.3 is 10.9 Å². The van der Waals surface area contributed by atoms with Crippen molar-refractivity contribution in [2.24, 2.45) is 10.9 Å². The lowest BCUT2D eigenvalue weighted by Crippen LogP contribution is -2.12. The molecule has 2 rings (SSSR count). The highest BCUT2D eigenvalue weighted by Gasteiger charge is 1.99. The Kier molecular flexibility index (Phi) is 4.86. The SMILES string of the molecule is N/C(=N\O)c1ccc(CSCc2ccccc2)cc1. The first-order valence-electron chi connectivity index (χ1n) is 5.98. The van der Waals surface area contributed by atoms with Crippen molar-refractivity contribution in [3.63, 3.8) is 0 Å². The third-order valence-electron chi connectivity index (χ3n) is 2.74. The molecule has 3 nitrogen and oxygen atoms in total. The highest BCUT2D eigenvalue weighted by Crippen LogP contribution is 2.18. The average molecular weight is 272 g/mol. The van der Waals surface area contributed by atoms with Crippen LogP contribution in [0, 0.1) is 0 Å². The van der Waals surface area contributed by atoms with Crippen molar-refractivity contribution in [1.29, 1.82) is 0 Å². The largest absolute Gasteiger partial charge is 0.409 e. The van der Waals surface area contributed by atoms with Crippen LogP contribution in [0.3, 0.4) is 0 Å². The molecular formula is C15H16N2OS. The van der Waals surface area contributed by atoms with E-state index in [9.17, 15) is 0 Å². The van der Waals surface area contributed by atoms with Crippen LogP contribution in [0.2, 0.25) is 0 Å². The number of hydrogen-bond donors (Lipinski definition) is 2. The van der Waals surface area contributed by atoms with Crippen LogP contribution >= 0.6 is 11.8 Å². The van der Waals surface area contributed by atoms with E-state index in [1.165, 1.54) is 11.1 Å². The van der Waals surface area contributed by atoms with Crippen molar-refractivity contribution in [3.8, 4) is 0 Å². The maximum absolute atomic E-state index is 8.58. The molecule has 0 bridgehead atoms. The van der Waals surface area contributed by atoms with Gasteiger partial charge in [0.15, 0.2) is 5.84 Å². The van der Waals surface area contributed by atoms with Gasteiger partial charge in [-0.3, -0.25) is 0 Å². The first-order chi connectivity index (χ1) is 9.29. The van der Waals surface area contributed by atoms with Crippen LogP contribution in [-0.4, -0.2) is 11.0 Å². The maximum Gasteiger partial charge on any atom is 0.170 e. The van der Waals surface area contributed by atoms with Crippen LogP contribution in [0.15, 0.2) is 59.8 Å². The Hall–Kier alpha value is -1.94. The number of benzene rings is 2. The minimum Gasteiger partial charge on any atom is -0.409 e. The molecule has 2 aromatic carbocycles. The molecule has 0 aliphatic heterocycles. The van der Waals surface area contributed by atoms with E-state index in [1.54, 1.807) is 0 Å². The Morgan fingerprint density at radius 1 is 0.947 bits per heavy atom. The number of hydrogen-bond acceptors (Lipinski definition) is 3. The number of nitrogens with two attached hydrogens (primary N) is 1. The molecule has 0 spiro atoms. The summed E-state index contributed by atoms with van der Waals surface area (Å²) in [5.74, 6) is 2.09. The van der Waals surface area contributed by atoms with Crippen LogP contribution in [0.4, 0.5) is 0 Å². The van der Waals surface area contributed by atoms with Crippen molar-refractivity contribution in [3.05, 3.63) is 71.3 Å². The second kappa shape index (κ2) is 6.85. The van der Waals surface area contributed by atoms with Crippen molar-refractivity contribution in [1.82, 2.24) is 0 Å². The van der Waals surface area contributed by atoms with Gasteiger partial charge in [0.1, 0.15) is 0 Å². The lowest BCUT2D eigenvalue weighted by molar-refractivity contribution is 0.318. The number of amidine groups is 1. The summed E-state index contributed by atoms with van der Waals surface area (Å²) in [4.78, 5) is 0. The van der Waals surface area contributed by atoms with Gasteiger partial charge in [0.25, 0.3) is 0 Å². The Labute approximate surface area is 117 Å². The van der Waals surface area contributed by atoms with Gasteiger partial charge in [0.05, 0.1) is 0 Å². The second-order valence-corrected chi connectivity index (χ2v) is 5.15. The van der Waals surface area contributed by atoms with Crippen LogP contribution in [0.1, 0.15) is 16.7 Å². The summed E-state index contributed by atoms with van der Waals surface area (Å²) >= 11 is 1.87. The molecule has 3 N–H and O–H groups in total. The molecule has 0 aromatic heterocycles. The van der Waals surface area contributed by atoms with E-state index in [0.29, 0.717) is 0 Å². The monoisotopic (exact) mass is 272 g/mol. The van der Waals surface area contributed by atoms with E-state index in [4.69, 9.17) is 10.9 Å². The molecule has 0 fully saturated rings. The lowest BCUT2D eigenvalue weighted by atomic mass is 10.1. The first-order valence-corrected chi connectivity index (χ1v) is 7.13. The zero-order valence-electron chi connectivity index (χ0n) is 10.5. The number of nitrogens with zero attached hydrogens (tertiary/aromatic N) is 1. The summed E-state index contributed by atoms with van der Waals surface area (Å²) in [6.45, 7) is 0. The molecule has 0 heterocycles. The van der Waals surface area contributed by atoms with E-state index < -0.39 is 0 Å². The van der Waals surface area contributed by atoms with Gasteiger partial charge in [0, 0.05) is 17.1 Å². The van der Waals surface area contributed by atoms with Gasteiger partial charge in [-0.15, -0.1) is 0 Å². The fourth-order valence-corrected chi connectivity index (χ4v) is 2.65. The van der Waals surface area contributed by atoms with Crippen molar-refractivity contribution in [2.75, 3.05) is 0 Å². The van der Waals surface area contributed by atoms with Crippen LogP contribution in [0.5, 0.6) is 0 Å². The molecule has 0 aliphatic rings. The summed E-state index contributed by atoms with van der Waals surface area (Å²) in [5.41, 5.74) is 8.82. The molecular weight excluding hydrogens is 256 g/mol. The molecule has 2 aromatic rings. The summed E-state index contributed by atoms with van der Waals surface area (Å²) < 4.78 is 0.